The highest BCUT2D eigenvalue weighted by Gasteiger charge is 2.56. The number of H-pyrrole nitrogens is 3. The number of ether oxygens (including phenoxy) is 6. The molecule has 0 radical (unpaired) electrons. The number of terminal acetylenes is 1. The largest absolute Gasteiger partial charge is 0.385 e. The van der Waals surface area contributed by atoms with Crippen LogP contribution in [0.4, 0.5) is 48.6 Å². The number of thiol groups is 1. The van der Waals surface area contributed by atoms with Crippen molar-refractivity contribution in [1.29, 1.82) is 0 Å². The number of aromatic amines is 3. The maximum atomic E-state index is 16.0. The van der Waals surface area contributed by atoms with Crippen molar-refractivity contribution in [3.05, 3.63) is 80.0 Å². The molecule has 18 heterocycles. The molecule has 6 aliphatic heterocycles. The molecule has 0 amide bonds. The second-order valence-electron chi connectivity index (χ2n) is 29.9. The average Bonchev–Trinajstić information content (AvgIpc) is 1.60. The Kier molecular flexibility index (Phi) is 30.3. The number of nitrogens with one attached hydrogen (secondary N) is 3. The van der Waals surface area contributed by atoms with Crippen molar-refractivity contribution in [2.75, 3.05) is 95.4 Å². The minimum atomic E-state index is -4.34. The molecule has 12 aromatic heterocycles. The molecular weight excluding hydrogens is 2070 g/mol. The lowest BCUT2D eigenvalue weighted by Gasteiger charge is -2.28. The highest BCUT2D eigenvalue weighted by atomic mass is 32.7. The van der Waals surface area contributed by atoms with Crippen LogP contribution in [0.2, 0.25) is 0 Å². The molecule has 18 rings (SSSR count). The fourth-order valence-electron chi connectivity index (χ4n) is 14.8. The van der Waals surface area contributed by atoms with Crippen LogP contribution in [0.25, 0.3) is 55.9 Å². The maximum Gasteiger partial charge on any atom is 0.385 e. The van der Waals surface area contributed by atoms with Crippen LogP contribution in [-0.2, 0) is 146 Å². The lowest BCUT2D eigenvalue weighted by Crippen LogP contribution is -2.34. The van der Waals surface area contributed by atoms with E-state index in [0.717, 1.165) is 35.4 Å². The van der Waals surface area contributed by atoms with Gasteiger partial charge in [-0.2, -0.15) is 43.7 Å². The highest BCUT2D eigenvalue weighted by molar-refractivity contribution is 8.44. The Morgan fingerprint density at radius 3 is 1.45 bits per heavy atom. The normalized spacial score (nSPS) is 28.3. The maximum absolute atomic E-state index is 16.0. The predicted octanol–water partition coefficient (Wildman–Crippen LogP) is 0.297. The number of nitrogen functional groups attached to an aromatic ring is 6. The second-order valence-corrected chi connectivity index (χ2v) is 47.2. The Labute approximate surface area is 793 Å². The number of anilines is 6. The van der Waals surface area contributed by atoms with Crippen molar-refractivity contribution in [1.82, 2.24) is 134 Å². The summed E-state index contributed by atoms with van der Waals surface area (Å²) in [5.41, 5.74) is 32.9. The van der Waals surface area contributed by atoms with Gasteiger partial charge in [-0.25, -0.2) is 57.1 Å². The van der Waals surface area contributed by atoms with Gasteiger partial charge in [0.2, 0.25) is 23.8 Å². The van der Waals surface area contributed by atoms with Gasteiger partial charge in [-0.3, -0.25) is 52.0 Å². The van der Waals surface area contributed by atoms with Crippen molar-refractivity contribution in [2.45, 2.75) is 149 Å². The van der Waals surface area contributed by atoms with E-state index in [1.165, 1.54) is 34.3 Å². The molecule has 6 aliphatic rings. The lowest BCUT2D eigenvalue weighted by atomic mass is 10.0. The number of halogens is 3. The van der Waals surface area contributed by atoms with Crippen molar-refractivity contribution in [2.24, 2.45) is 0 Å². The fraction of sp³-hybridized carbons (Fsp3) is 0.532. The third-order valence-electron chi connectivity index (χ3n) is 21.3. The third kappa shape index (κ3) is 22.3. The number of rotatable bonds is 33. The Balaban J connectivity index is 0.000000149. The van der Waals surface area contributed by atoms with E-state index < -0.39 is 194 Å². The molecule has 0 aromatic carbocycles. The van der Waals surface area contributed by atoms with Gasteiger partial charge in [-0.05, 0) is 97.6 Å². The van der Waals surface area contributed by atoms with Crippen molar-refractivity contribution < 1.29 is 125 Å². The first kappa shape index (κ1) is 101. The summed E-state index contributed by atoms with van der Waals surface area (Å²) < 4.78 is 166. The molecule has 740 valence electrons. The summed E-state index contributed by atoms with van der Waals surface area (Å²) in [5.74, 6) is 2.28. The van der Waals surface area contributed by atoms with Crippen LogP contribution < -0.4 is 51.1 Å². The van der Waals surface area contributed by atoms with Gasteiger partial charge in [0.15, 0.2) is 105 Å². The quantitative estimate of drug-likeness (QED) is 0.0149. The Bertz CT molecular complexity index is 6810. The van der Waals surface area contributed by atoms with E-state index in [0.29, 0.717) is 65.8 Å². The topological polar surface area (TPSA) is 800 Å². The van der Waals surface area contributed by atoms with Gasteiger partial charge in [0.1, 0.15) is 73.5 Å². The molecule has 20 N–H and O–H groups in total. The zero-order chi connectivity index (χ0) is 97.9. The van der Waals surface area contributed by atoms with Crippen molar-refractivity contribution in [3.8, 4) is 12.3 Å². The molecular formula is C62H78F3N33O27P6S6. The first-order valence-corrected chi connectivity index (χ1v) is 55.2. The molecule has 24 atom stereocenters. The van der Waals surface area contributed by atoms with Gasteiger partial charge in [-0.15, -0.1) is 21.7 Å². The summed E-state index contributed by atoms with van der Waals surface area (Å²) in [6.07, 6.45) is -5.44. The van der Waals surface area contributed by atoms with Crippen LogP contribution in [0.1, 0.15) is 86.9 Å². The third-order valence-corrected chi connectivity index (χ3v) is 31.1. The van der Waals surface area contributed by atoms with Gasteiger partial charge in [0, 0.05) is 26.9 Å². The van der Waals surface area contributed by atoms with Crippen LogP contribution in [-0.4, -0.2) is 292 Å². The van der Waals surface area contributed by atoms with Crippen LogP contribution in [0.3, 0.4) is 0 Å². The molecule has 75 heteroatoms. The molecule has 60 nitrogen and oxygen atoms in total. The molecule has 6 unspecified atom stereocenters. The summed E-state index contributed by atoms with van der Waals surface area (Å²) in [7, 11) is 3.34. The number of nitrogens with zero attached hydrogens (tertiary/aromatic N) is 24. The average molecular weight is 2150 g/mol. The Hall–Kier alpha value is -8.45. The smallest absolute Gasteiger partial charge is 0.382 e. The molecule has 6 saturated heterocycles. The highest BCUT2D eigenvalue weighted by Crippen LogP contribution is 2.58. The number of hydrogen-bond acceptors (Lipinski definition) is 51. The summed E-state index contributed by atoms with van der Waals surface area (Å²) in [6.45, 7) is -26.6. The fourth-order valence-corrected chi connectivity index (χ4v) is 20.9. The number of imidazole rings is 2. The molecule has 0 aliphatic carbocycles. The first-order chi connectivity index (χ1) is 65.0. The van der Waals surface area contributed by atoms with E-state index in [1.54, 1.807) is 17.0 Å². The minimum Gasteiger partial charge on any atom is -0.382 e. The van der Waals surface area contributed by atoms with Gasteiger partial charge in [0.05, 0.1) is 82.4 Å². The van der Waals surface area contributed by atoms with Crippen LogP contribution >= 0.6 is 52.6 Å². The molecule has 12 aromatic rings. The standard InChI is InChI=1S/C22H26FN11O9P2S2.2C20H26FN11O9P2S2/c1-3-22(5-4-11(42-22)33-9-28-13-16(24)26-8-27-17(13)33)7-40-45(37,47)43-15-12(23)10(6-39-44(36,46)38-2)41-20(15)34-18-14(31-32-34)19(35)30-21(25)29-18;1-36-42(34,44)38-6-11-12(21)14(19(40-11)32-16-13(29-30-32)18(33)28-20(23)27-16)41-43(35,45)37-5-8-2-3-10(39-8)9-4-24-17-15(22)25-7-26-31(9)17;1-36-42(34,44)38-6-11-12(21)14(18(40-11)31-16-13(29-30-31)17(33)28-19(22)27-16)41-43(35,45)37-5-8-2-3-10(39-8)9-4-26-32-15(9)24-7-25-20(32)23/h1,8-12,15,20H,4-7H2,2H3,(H,36,46)(H,37,47)(H2,24,26,27)(H3,25,29,30,35);4,7-8,10-12,14,19H,2-3,5-6H2,1H3,(H,34,44)(H,35,45)(H2,22,25,26)(H3,23,27,28,33);4,7-8,10-12,14,18H,2-3,5-6H2,1H3,(H,34,44)(H,35,45)(H2,23,24,25)(H3,22,27,28,33)/t10-,11-,12+,15-,20-,22+,44?,45?;8-,10+,11+,12-,14+,19+,42?,43?;8-,10+,11+,12-,14+,18+,42?,43?/m100/s1. The Morgan fingerprint density at radius 1 is 0.511 bits per heavy atom. The summed E-state index contributed by atoms with van der Waals surface area (Å²) >= 11 is 29.1. The number of hydrogen-bond donors (Lipinski definition) is 15. The van der Waals surface area contributed by atoms with Crippen LogP contribution in [0.5, 0.6) is 0 Å². The van der Waals surface area contributed by atoms with Crippen LogP contribution in [0.15, 0.2) is 52.1 Å². The first-order valence-electron chi connectivity index (χ1n) is 39.5. The number of alkyl halides is 3. The SMILES string of the molecule is C#C[C@@]1(COP(O)(=S)O[C@@H]2[C@@H](F)[C@@H](COP(=O)(S)OC)O[C@H]2n2nnc3c(=O)[nH]c(N)nc32)CC[C@H](n2cnc3c(N)ncnc32)O1.COP(O)(=S)OC[C@H]1O[C@@H](n2nnc3c(=O)[nH]c(N)nc32)[C@H](OP(O)(=S)OC[C@@H]2CC[C@H](c3cnc4c(N)ncnn34)O2)[C@H]1F.COP(O)(=S)OC[C@H]1O[C@@H](n2nnc3c(=O)[nH]c(N)nc32)[C@H](OP(O)(=S)OC[C@@H]2CC[C@H](c3cnn4c(N)ncnc34)O2)[C@H]1F. The van der Waals surface area contributed by atoms with E-state index in [-0.39, 0.29) is 88.6 Å². The molecule has 0 bridgehead atoms. The van der Waals surface area contributed by atoms with Gasteiger partial charge in [-0.1, -0.05) is 33.8 Å². The predicted molar refractivity (Wildman–Crippen MR) is 483 cm³/mol. The van der Waals surface area contributed by atoms with E-state index in [2.05, 4.69) is 129 Å². The second kappa shape index (κ2) is 40.9. The van der Waals surface area contributed by atoms with E-state index in [9.17, 15) is 43.4 Å². The zero-order valence-electron chi connectivity index (χ0n) is 70.1. The number of aromatic nitrogens is 27. The van der Waals surface area contributed by atoms with Crippen LogP contribution in [0, 0.1) is 12.3 Å². The molecule has 137 heavy (non-hydrogen) atoms. The summed E-state index contributed by atoms with van der Waals surface area (Å²) in [4.78, 5) is 137. The zero-order valence-corrected chi connectivity index (χ0v) is 80.4. The Morgan fingerprint density at radius 2 is 0.964 bits per heavy atom. The minimum absolute atomic E-state index is 0.162. The number of fused-ring (bicyclic) bond motifs is 6. The van der Waals surface area contributed by atoms with Gasteiger partial charge in [0.25, 0.3) is 16.7 Å². The van der Waals surface area contributed by atoms with Gasteiger partial charge < -0.3 is 123 Å². The van der Waals surface area contributed by atoms with E-state index >= 15 is 13.2 Å². The van der Waals surface area contributed by atoms with Gasteiger partial charge >= 0.3 is 40.4 Å². The van der Waals surface area contributed by atoms with E-state index in [4.69, 9.17) is 178 Å². The van der Waals surface area contributed by atoms with Crippen molar-refractivity contribution in [3.63, 3.8) is 0 Å². The lowest BCUT2D eigenvalue weighted by molar-refractivity contribution is -0.0666. The monoisotopic (exact) mass is 2150 g/mol. The van der Waals surface area contributed by atoms with Crippen molar-refractivity contribution >= 4 is 203 Å². The molecule has 0 saturated carbocycles. The number of nitrogens with two attached hydrogens (primary N) is 6. The molecule has 0 spiro atoms. The summed E-state index contributed by atoms with van der Waals surface area (Å²) in [6, 6.07) is 0. The molecule has 6 fully saturated rings. The van der Waals surface area contributed by atoms with E-state index in [1.807, 2.05) is 0 Å². The summed E-state index contributed by atoms with van der Waals surface area (Å²) in [5, 5.41) is 31.2.